The average molecular weight is 452 g/mol. The van der Waals surface area contributed by atoms with Crippen LogP contribution >= 0.6 is 0 Å². The van der Waals surface area contributed by atoms with Gasteiger partial charge in [-0.15, -0.1) is 0 Å². The number of hydrogen-bond acceptors (Lipinski definition) is 5. The second-order valence-corrected chi connectivity index (χ2v) is 8.08. The van der Waals surface area contributed by atoms with Gasteiger partial charge in [0.05, 0.1) is 30.8 Å². The minimum Gasteiger partial charge on any atom is -0.493 e. The second kappa shape index (κ2) is 10.3. The van der Waals surface area contributed by atoms with Gasteiger partial charge in [-0.3, -0.25) is 14.5 Å². The van der Waals surface area contributed by atoms with Crippen LogP contribution in [0.5, 0.6) is 5.75 Å². The van der Waals surface area contributed by atoms with Crippen LogP contribution in [-0.4, -0.2) is 62.2 Å². The Morgan fingerprint density at radius 2 is 2.00 bits per heavy atom. The van der Waals surface area contributed by atoms with E-state index in [9.17, 15) is 22.8 Å². The first-order valence-corrected chi connectivity index (χ1v) is 10.5. The van der Waals surface area contributed by atoms with Crippen LogP contribution in [0.1, 0.15) is 19.8 Å². The van der Waals surface area contributed by atoms with E-state index in [0.717, 1.165) is 57.5 Å². The van der Waals surface area contributed by atoms with Crippen molar-refractivity contribution in [3.63, 3.8) is 0 Å². The van der Waals surface area contributed by atoms with Gasteiger partial charge in [0.15, 0.2) is 0 Å². The summed E-state index contributed by atoms with van der Waals surface area (Å²) >= 11 is 0. The number of ether oxygens (including phenoxy) is 2. The summed E-state index contributed by atoms with van der Waals surface area (Å²) in [5.74, 6) is -1.13. The molecule has 1 aliphatic carbocycles. The van der Waals surface area contributed by atoms with E-state index in [1.54, 1.807) is 24.3 Å². The molecule has 1 heterocycles. The molecule has 1 atom stereocenters. The number of benzene rings is 1. The van der Waals surface area contributed by atoms with Crippen LogP contribution in [0.3, 0.4) is 0 Å². The lowest BCUT2D eigenvalue weighted by Crippen LogP contribution is -2.37. The summed E-state index contributed by atoms with van der Waals surface area (Å²) in [7, 11) is 0. The molecule has 3 rings (SSSR count). The number of ketones is 1. The topological polar surface area (TPSA) is 67.9 Å². The summed E-state index contributed by atoms with van der Waals surface area (Å²) in [5, 5.41) is 2.52. The molecule has 0 saturated carbocycles. The normalized spacial score (nSPS) is 21.7. The van der Waals surface area contributed by atoms with Crippen LogP contribution in [0.2, 0.25) is 0 Å². The van der Waals surface area contributed by atoms with Gasteiger partial charge >= 0.3 is 6.18 Å². The van der Waals surface area contributed by atoms with Gasteiger partial charge < -0.3 is 14.8 Å². The maximum Gasteiger partial charge on any atom is 0.416 e. The highest BCUT2D eigenvalue weighted by Crippen LogP contribution is 2.36. The Morgan fingerprint density at radius 3 is 2.66 bits per heavy atom. The van der Waals surface area contributed by atoms with E-state index < -0.39 is 28.9 Å². The Balaban J connectivity index is 1.50. The summed E-state index contributed by atoms with van der Waals surface area (Å²) in [6, 6.07) is 6.67. The molecule has 1 unspecified atom stereocenters. The monoisotopic (exact) mass is 452 g/mol. The number of hydrogen-bond donors (Lipinski definition) is 1. The fourth-order valence-corrected chi connectivity index (χ4v) is 3.52. The zero-order valence-electron chi connectivity index (χ0n) is 17.9. The molecule has 0 bridgehead atoms. The number of anilines is 1. The van der Waals surface area contributed by atoms with E-state index in [-0.39, 0.29) is 6.42 Å². The molecule has 174 valence electrons. The van der Waals surface area contributed by atoms with Crippen LogP contribution in [0.25, 0.3) is 0 Å². The number of allylic oxidation sites excluding steroid dienone is 4. The Kier molecular flexibility index (Phi) is 7.73. The Morgan fingerprint density at radius 1 is 1.25 bits per heavy atom. The van der Waals surface area contributed by atoms with Gasteiger partial charge in [-0.05, 0) is 31.9 Å². The molecule has 0 aromatic heterocycles. The zero-order valence-corrected chi connectivity index (χ0v) is 17.9. The van der Waals surface area contributed by atoms with Crippen molar-refractivity contribution in [1.29, 1.82) is 0 Å². The van der Waals surface area contributed by atoms with Gasteiger partial charge in [0, 0.05) is 31.4 Å². The fraction of sp³-hybridized carbons (Fsp3) is 0.478. The minimum atomic E-state index is -4.48. The highest BCUT2D eigenvalue weighted by molar-refractivity contribution is 6.42. The zero-order chi connectivity index (χ0) is 23.2. The first kappa shape index (κ1) is 24.0. The number of carbonyl (C=O) groups is 2. The van der Waals surface area contributed by atoms with Crippen molar-refractivity contribution in [1.82, 2.24) is 4.90 Å². The number of rotatable bonds is 8. The van der Waals surface area contributed by atoms with Crippen LogP contribution in [0.4, 0.5) is 18.9 Å². The first-order valence-electron chi connectivity index (χ1n) is 10.5. The van der Waals surface area contributed by atoms with Crippen molar-refractivity contribution >= 4 is 17.4 Å². The van der Waals surface area contributed by atoms with E-state index >= 15 is 0 Å². The van der Waals surface area contributed by atoms with Crippen molar-refractivity contribution in [2.24, 2.45) is 5.41 Å². The Bertz CT molecular complexity index is 891. The molecule has 1 aromatic rings. The first-order chi connectivity index (χ1) is 15.2. The van der Waals surface area contributed by atoms with E-state index in [1.165, 1.54) is 6.92 Å². The smallest absolute Gasteiger partial charge is 0.416 e. The third-order valence-corrected chi connectivity index (χ3v) is 5.51. The van der Waals surface area contributed by atoms with Crippen LogP contribution in [0.15, 0.2) is 48.1 Å². The molecule has 1 saturated heterocycles. The molecule has 2 aliphatic rings. The summed E-state index contributed by atoms with van der Waals surface area (Å²) in [4.78, 5) is 27.4. The van der Waals surface area contributed by atoms with E-state index in [0.29, 0.717) is 18.0 Å². The molecule has 1 aromatic carbocycles. The maximum absolute atomic E-state index is 12.8. The maximum atomic E-state index is 12.8. The Labute approximate surface area is 185 Å². The number of nitrogens with zero attached hydrogens (tertiary/aromatic N) is 1. The minimum absolute atomic E-state index is 0.198. The van der Waals surface area contributed by atoms with Gasteiger partial charge in [-0.1, -0.05) is 24.3 Å². The molecule has 1 N–H and O–H groups in total. The van der Waals surface area contributed by atoms with Crippen LogP contribution in [0, 0.1) is 5.41 Å². The molecule has 6 nitrogen and oxygen atoms in total. The molecule has 32 heavy (non-hydrogen) atoms. The van der Waals surface area contributed by atoms with Gasteiger partial charge in [0.25, 0.3) is 5.91 Å². The van der Waals surface area contributed by atoms with Crippen LogP contribution in [-0.2, 0) is 14.3 Å². The number of Topliss-reactive ketones (excluding diaryl/α,β-unsaturated/α-hetero) is 1. The molecular formula is C23H27F3N2O4. The predicted octanol–water partition coefficient (Wildman–Crippen LogP) is 3.75. The summed E-state index contributed by atoms with van der Waals surface area (Å²) in [6.45, 7) is 6.18. The van der Waals surface area contributed by atoms with Gasteiger partial charge in [0.1, 0.15) is 5.75 Å². The largest absolute Gasteiger partial charge is 0.493 e. The molecule has 0 radical (unpaired) electrons. The number of morpholine rings is 1. The number of nitrogens with one attached hydrogen (secondary N) is 1. The predicted molar refractivity (Wildman–Crippen MR) is 113 cm³/mol. The van der Waals surface area contributed by atoms with Gasteiger partial charge in [0.2, 0.25) is 5.78 Å². The highest BCUT2D eigenvalue weighted by Gasteiger charge is 2.40. The lowest BCUT2D eigenvalue weighted by atomic mass is 9.78. The standard InChI is InChI=1S/C23H27F3N2O4/c1-22(8-6-17(7-9-22)23(24,25)26)20(29)21(30)27-18-4-2-5-19(16-18)32-13-3-10-28-11-14-31-15-12-28/h2,4-8,16H,3,9-15H2,1H3,(H,27,30). The van der Waals surface area contributed by atoms with Crippen molar-refractivity contribution in [2.75, 3.05) is 44.8 Å². The third-order valence-electron chi connectivity index (χ3n) is 5.51. The molecule has 0 spiro atoms. The van der Waals surface area contributed by atoms with Crippen molar-refractivity contribution < 1.29 is 32.2 Å². The lowest BCUT2D eigenvalue weighted by Gasteiger charge is -2.26. The molecule has 9 heteroatoms. The molecular weight excluding hydrogens is 425 g/mol. The van der Waals surface area contributed by atoms with E-state index in [2.05, 4.69) is 10.2 Å². The lowest BCUT2D eigenvalue weighted by molar-refractivity contribution is -0.139. The molecule has 1 amide bonds. The number of carbonyl (C=O) groups excluding carboxylic acids is 2. The fourth-order valence-electron chi connectivity index (χ4n) is 3.52. The van der Waals surface area contributed by atoms with Crippen molar-refractivity contribution in [2.45, 2.75) is 25.9 Å². The summed E-state index contributed by atoms with van der Waals surface area (Å²) in [6.07, 6.45) is -0.905. The molecule has 1 aliphatic heterocycles. The van der Waals surface area contributed by atoms with Crippen LogP contribution < -0.4 is 10.1 Å². The second-order valence-electron chi connectivity index (χ2n) is 8.08. The van der Waals surface area contributed by atoms with Crippen molar-refractivity contribution in [3.05, 3.63) is 48.1 Å². The number of amides is 1. The van der Waals surface area contributed by atoms with Gasteiger partial charge in [-0.2, -0.15) is 13.2 Å². The summed E-state index contributed by atoms with van der Waals surface area (Å²) in [5.41, 5.74) is -1.77. The van der Waals surface area contributed by atoms with E-state index in [4.69, 9.17) is 9.47 Å². The molecule has 1 fully saturated rings. The third kappa shape index (κ3) is 6.43. The van der Waals surface area contributed by atoms with E-state index in [1.807, 2.05) is 0 Å². The van der Waals surface area contributed by atoms with Crippen molar-refractivity contribution in [3.8, 4) is 5.75 Å². The Hall–Kier alpha value is -2.65. The number of halogens is 3. The SMILES string of the molecule is CC1(C(=O)C(=O)Nc2cccc(OCCCN3CCOCC3)c2)C=CC(C(F)(F)F)=CC1. The average Bonchev–Trinajstić information content (AvgIpc) is 2.77. The summed E-state index contributed by atoms with van der Waals surface area (Å²) < 4.78 is 49.4. The highest BCUT2D eigenvalue weighted by atomic mass is 19.4. The number of alkyl halides is 3. The van der Waals surface area contributed by atoms with Gasteiger partial charge in [-0.25, -0.2) is 0 Å². The quantitative estimate of drug-likeness (QED) is 0.481.